The third-order valence-corrected chi connectivity index (χ3v) is 5.27. The zero-order chi connectivity index (χ0) is 19.2. The standard InChI is InChI=1S/C20H21FN2O3S/c1-27-18-9-5-2-6-15(18)20(25)26-14-19(24)23-12-10-22(11-13-23)17-8-4-3-7-16(17)21/h2-9H,10-14H2,1H3. The number of hydrogen-bond donors (Lipinski definition) is 0. The Labute approximate surface area is 162 Å². The Morgan fingerprint density at radius 3 is 2.41 bits per heavy atom. The van der Waals surface area contributed by atoms with Crippen molar-refractivity contribution in [3.8, 4) is 0 Å². The Kier molecular flexibility index (Phi) is 6.34. The van der Waals surface area contributed by atoms with Crippen LogP contribution in [0.25, 0.3) is 0 Å². The number of carbonyl (C=O) groups is 2. The van der Waals surface area contributed by atoms with Gasteiger partial charge in [0.25, 0.3) is 5.91 Å². The van der Waals surface area contributed by atoms with Gasteiger partial charge in [0, 0.05) is 31.1 Å². The van der Waals surface area contributed by atoms with Crippen molar-refractivity contribution in [1.82, 2.24) is 4.90 Å². The highest BCUT2D eigenvalue weighted by Gasteiger charge is 2.24. The lowest BCUT2D eigenvalue weighted by molar-refractivity contribution is -0.134. The van der Waals surface area contributed by atoms with Crippen molar-refractivity contribution in [3.05, 3.63) is 59.9 Å². The van der Waals surface area contributed by atoms with Crippen LogP contribution in [0.2, 0.25) is 0 Å². The van der Waals surface area contributed by atoms with Crippen LogP contribution in [0, 0.1) is 5.82 Å². The molecule has 142 valence electrons. The fraction of sp³-hybridized carbons (Fsp3) is 0.300. The second kappa shape index (κ2) is 8.90. The maximum absolute atomic E-state index is 13.9. The van der Waals surface area contributed by atoms with Crippen LogP contribution >= 0.6 is 11.8 Å². The van der Waals surface area contributed by atoms with E-state index in [4.69, 9.17) is 4.74 Å². The minimum Gasteiger partial charge on any atom is -0.452 e. The Hall–Kier alpha value is -2.54. The quantitative estimate of drug-likeness (QED) is 0.582. The molecule has 0 bridgehead atoms. The number of rotatable bonds is 5. The molecule has 2 aromatic carbocycles. The number of esters is 1. The second-order valence-electron chi connectivity index (χ2n) is 6.10. The molecule has 0 unspecified atom stereocenters. The van der Waals surface area contributed by atoms with Crippen LogP contribution < -0.4 is 4.90 Å². The van der Waals surface area contributed by atoms with Gasteiger partial charge in [0.05, 0.1) is 11.3 Å². The SMILES string of the molecule is CSc1ccccc1C(=O)OCC(=O)N1CCN(c2ccccc2F)CC1. The van der Waals surface area contributed by atoms with E-state index in [1.54, 1.807) is 35.2 Å². The van der Waals surface area contributed by atoms with Crippen LogP contribution in [-0.4, -0.2) is 55.8 Å². The maximum atomic E-state index is 13.9. The molecule has 1 saturated heterocycles. The van der Waals surface area contributed by atoms with Crippen LogP contribution in [0.3, 0.4) is 0 Å². The summed E-state index contributed by atoms with van der Waals surface area (Å²) in [6.07, 6.45) is 1.88. The summed E-state index contributed by atoms with van der Waals surface area (Å²) in [5.74, 6) is -1.00. The molecule has 1 aliphatic heterocycles. The first kappa shape index (κ1) is 19.2. The largest absolute Gasteiger partial charge is 0.452 e. The zero-order valence-electron chi connectivity index (χ0n) is 15.1. The van der Waals surface area contributed by atoms with E-state index in [-0.39, 0.29) is 18.3 Å². The minimum atomic E-state index is -0.502. The van der Waals surface area contributed by atoms with Gasteiger partial charge in [0.2, 0.25) is 0 Å². The molecular formula is C20H21FN2O3S. The highest BCUT2D eigenvalue weighted by molar-refractivity contribution is 7.98. The molecule has 1 fully saturated rings. The van der Waals surface area contributed by atoms with E-state index < -0.39 is 5.97 Å². The van der Waals surface area contributed by atoms with Crippen LogP contribution in [0.1, 0.15) is 10.4 Å². The molecule has 0 atom stereocenters. The molecule has 0 spiro atoms. The predicted octanol–water partition coefficient (Wildman–Crippen LogP) is 3.05. The van der Waals surface area contributed by atoms with Crippen molar-refractivity contribution in [2.45, 2.75) is 4.90 Å². The number of halogens is 1. The fourth-order valence-electron chi connectivity index (χ4n) is 3.01. The average Bonchev–Trinajstić information content (AvgIpc) is 2.72. The average molecular weight is 388 g/mol. The van der Waals surface area contributed by atoms with Gasteiger partial charge in [0.1, 0.15) is 5.82 Å². The molecule has 1 aliphatic rings. The molecule has 5 nitrogen and oxygen atoms in total. The number of thioether (sulfide) groups is 1. The third kappa shape index (κ3) is 4.60. The Bertz CT molecular complexity index is 822. The highest BCUT2D eigenvalue weighted by atomic mass is 32.2. The molecular weight excluding hydrogens is 367 g/mol. The summed E-state index contributed by atoms with van der Waals surface area (Å²) in [7, 11) is 0. The lowest BCUT2D eigenvalue weighted by Crippen LogP contribution is -2.50. The summed E-state index contributed by atoms with van der Waals surface area (Å²) in [4.78, 5) is 29.0. The minimum absolute atomic E-state index is 0.238. The maximum Gasteiger partial charge on any atom is 0.339 e. The molecule has 1 amide bonds. The second-order valence-corrected chi connectivity index (χ2v) is 6.94. The van der Waals surface area contributed by atoms with Gasteiger partial charge >= 0.3 is 5.97 Å². The van der Waals surface area contributed by atoms with Gasteiger partial charge in [0.15, 0.2) is 6.61 Å². The van der Waals surface area contributed by atoms with E-state index >= 15 is 0 Å². The molecule has 3 rings (SSSR count). The normalized spacial score (nSPS) is 14.1. The van der Waals surface area contributed by atoms with Crippen molar-refractivity contribution >= 4 is 29.3 Å². The number of piperazine rings is 1. The summed E-state index contributed by atoms with van der Waals surface area (Å²) in [5.41, 5.74) is 1.01. The van der Waals surface area contributed by atoms with E-state index in [0.717, 1.165) is 4.90 Å². The molecule has 0 saturated carbocycles. The van der Waals surface area contributed by atoms with Crippen molar-refractivity contribution < 1.29 is 18.7 Å². The summed E-state index contributed by atoms with van der Waals surface area (Å²) in [6.45, 7) is 1.71. The van der Waals surface area contributed by atoms with Gasteiger partial charge in [-0.3, -0.25) is 4.79 Å². The van der Waals surface area contributed by atoms with Crippen LogP contribution in [0.15, 0.2) is 53.4 Å². The predicted molar refractivity (Wildman–Crippen MR) is 104 cm³/mol. The van der Waals surface area contributed by atoms with Gasteiger partial charge in [-0.15, -0.1) is 11.8 Å². The molecule has 0 radical (unpaired) electrons. The Morgan fingerprint density at radius 1 is 1.04 bits per heavy atom. The molecule has 2 aromatic rings. The number of nitrogens with zero attached hydrogens (tertiary/aromatic N) is 2. The lowest BCUT2D eigenvalue weighted by Gasteiger charge is -2.36. The first-order valence-corrected chi connectivity index (χ1v) is 9.90. The summed E-state index contributed by atoms with van der Waals surface area (Å²) < 4.78 is 19.1. The summed E-state index contributed by atoms with van der Waals surface area (Å²) >= 11 is 1.45. The van der Waals surface area contributed by atoms with Crippen molar-refractivity contribution in [1.29, 1.82) is 0 Å². The number of carbonyl (C=O) groups excluding carboxylic acids is 2. The number of benzene rings is 2. The number of hydrogen-bond acceptors (Lipinski definition) is 5. The van der Waals surface area contributed by atoms with Crippen molar-refractivity contribution in [3.63, 3.8) is 0 Å². The summed E-state index contributed by atoms with van der Waals surface area (Å²) in [6, 6.07) is 13.8. The zero-order valence-corrected chi connectivity index (χ0v) is 15.9. The van der Waals surface area contributed by atoms with E-state index in [0.29, 0.717) is 37.4 Å². The molecule has 27 heavy (non-hydrogen) atoms. The monoisotopic (exact) mass is 388 g/mol. The Morgan fingerprint density at radius 2 is 1.70 bits per heavy atom. The van der Waals surface area contributed by atoms with Gasteiger partial charge < -0.3 is 14.5 Å². The molecule has 0 aromatic heterocycles. The van der Waals surface area contributed by atoms with Crippen LogP contribution in [0.4, 0.5) is 10.1 Å². The van der Waals surface area contributed by atoms with Gasteiger partial charge in [-0.05, 0) is 30.5 Å². The number of ether oxygens (including phenoxy) is 1. The smallest absolute Gasteiger partial charge is 0.339 e. The third-order valence-electron chi connectivity index (χ3n) is 4.48. The number of para-hydroxylation sites is 1. The van der Waals surface area contributed by atoms with E-state index in [1.807, 2.05) is 23.3 Å². The Balaban J connectivity index is 1.51. The van der Waals surface area contributed by atoms with E-state index in [9.17, 15) is 14.0 Å². The fourth-order valence-corrected chi connectivity index (χ4v) is 3.60. The number of amides is 1. The molecule has 1 heterocycles. The first-order chi connectivity index (χ1) is 13.1. The topological polar surface area (TPSA) is 49.9 Å². The van der Waals surface area contributed by atoms with E-state index in [2.05, 4.69) is 0 Å². The van der Waals surface area contributed by atoms with Gasteiger partial charge in [-0.1, -0.05) is 24.3 Å². The first-order valence-electron chi connectivity index (χ1n) is 8.67. The molecule has 0 aliphatic carbocycles. The highest BCUT2D eigenvalue weighted by Crippen LogP contribution is 2.21. The van der Waals surface area contributed by atoms with Crippen LogP contribution in [-0.2, 0) is 9.53 Å². The molecule has 7 heteroatoms. The number of anilines is 1. The van der Waals surface area contributed by atoms with E-state index in [1.165, 1.54) is 17.8 Å². The van der Waals surface area contributed by atoms with Crippen molar-refractivity contribution in [2.75, 3.05) is 43.9 Å². The summed E-state index contributed by atoms with van der Waals surface area (Å²) in [5, 5.41) is 0. The van der Waals surface area contributed by atoms with Gasteiger partial charge in [-0.25, -0.2) is 9.18 Å². The van der Waals surface area contributed by atoms with Crippen LogP contribution in [0.5, 0.6) is 0 Å². The molecule has 0 N–H and O–H groups in total. The van der Waals surface area contributed by atoms with Gasteiger partial charge in [-0.2, -0.15) is 0 Å². The lowest BCUT2D eigenvalue weighted by atomic mass is 10.2. The van der Waals surface area contributed by atoms with Crippen molar-refractivity contribution in [2.24, 2.45) is 0 Å².